The summed E-state index contributed by atoms with van der Waals surface area (Å²) >= 11 is 0. The van der Waals surface area contributed by atoms with Crippen LogP contribution in [-0.2, 0) is 6.42 Å². The second kappa shape index (κ2) is 6.49. The number of nitrogens with zero attached hydrogens (tertiary/aromatic N) is 2. The summed E-state index contributed by atoms with van der Waals surface area (Å²) in [6, 6.07) is 8.23. The topological polar surface area (TPSA) is 46.5 Å². The molecule has 0 aliphatic carbocycles. The van der Waals surface area contributed by atoms with Gasteiger partial charge in [-0.2, -0.15) is 5.10 Å². The minimum atomic E-state index is -0.267. The van der Waals surface area contributed by atoms with Crippen LogP contribution in [-0.4, -0.2) is 18.3 Å². The molecule has 1 aromatic heterocycles. The van der Waals surface area contributed by atoms with Crippen LogP contribution < -0.4 is 10.2 Å². The van der Waals surface area contributed by atoms with Crippen molar-refractivity contribution in [2.24, 2.45) is 5.10 Å². The van der Waals surface area contributed by atoms with Crippen LogP contribution in [0.15, 0.2) is 47.8 Å². The van der Waals surface area contributed by atoms with E-state index in [2.05, 4.69) is 15.5 Å². The van der Waals surface area contributed by atoms with E-state index in [1.54, 1.807) is 50.0 Å². The Hall–Kier alpha value is -2.43. The van der Waals surface area contributed by atoms with Gasteiger partial charge in [-0.1, -0.05) is 0 Å². The molecule has 0 saturated heterocycles. The number of hydrazone groups is 1. The third-order valence-electron chi connectivity index (χ3n) is 2.53. The van der Waals surface area contributed by atoms with E-state index in [1.807, 2.05) is 0 Å². The number of halogens is 1. The molecule has 1 heterocycles. The molecule has 0 aliphatic heterocycles. The largest absolute Gasteiger partial charge is 0.497 e. The zero-order valence-electron chi connectivity index (χ0n) is 10.5. The maximum Gasteiger partial charge on any atom is 0.127 e. The standard InChI is InChI=1S/C14H14FN3O/c1-19-13-2-3-14(15)11(10-13)4-9-17-18-12-5-7-16-8-6-12/h2-3,5-10H,4H2,1H3,(H,16,18). The van der Waals surface area contributed by atoms with Gasteiger partial charge in [-0.15, -0.1) is 0 Å². The Labute approximate surface area is 110 Å². The van der Waals surface area contributed by atoms with Gasteiger partial charge in [0.2, 0.25) is 0 Å². The molecule has 0 atom stereocenters. The first-order chi connectivity index (χ1) is 9.29. The predicted molar refractivity (Wildman–Crippen MR) is 73.0 cm³/mol. The first-order valence-electron chi connectivity index (χ1n) is 5.79. The lowest BCUT2D eigenvalue weighted by Gasteiger charge is -2.03. The van der Waals surface area contributed by atoms with E-state index in [0.29, 0.717) is 17.7 Å². The molecule has 0 fully saturated rings. The van der Waals surface area contributed by atoms with E-state index in [9.17, 15) is 4.39 Å². The normalized spacial score (nSPS) is 10.6. The lowest BCUT2D eigenvalue weighted by molar-refractivity contribution is 0.413. The fourth-order valence-corrected chi connectivity index (χ4v) is 1.53. The van der Waals surface area contributed by atoms with Gasteiger partial charge in [-0.3, -0.25) is 10.4 Å². The summed E-state index contributed by atoms with van der Waals surface area (Å²) < 4.78 is 18.6. The van der Waals surface area contributed by atoms with E-state index in [-0.39, 0.29) is 5.82 Å². The van der Waals surface area contributed by atoms with E-state index in [4.69, 9.17) is 4.74 Å². The smallest absolute Gasteiger partial charge is 0.127 e. The summed E-state index contributed by atoms with van der Waals surface area (Å²) in [5, 5.41) is 4.02. The Kier molecular flexibility index (Phi) is 4.44. The zero-order chi connectivity index (χ0) is 13.5. The number of methoxy groups -OCH3 is 1. The summed E-state index contributed by atoms with van der Waals surface area (Å²) in [6.07, 6.45) is 5.33. The quantitative estimate of drug-likeness (QED) is 0.663. The molecular formula is C14H14FN3O. The van der Waals surface area contributed by atoms with Crippen molar-refractivity contribution in [3.63, 3.8) is 0 Å². The van der Waals surface area contributed by atoms with E-state index in [1.165, 1.54) is 6.07 Å². The van der Waals surface area contributed by atoms with Gasteiger partial charge < -0.3 is 4.74 Å². The van der Waals surface area contributed by atoms with Crippen molar-refractivity contribution in [3.05, 3.63) is 54.1 Å². The van der Waals surface area contributed by atoms with Gasteiger partial charge in [0.05, 0.1) is 12.8 Å². The highest BCUT2D eigenvalue weighted by molar-refractivity contribution is 5.63. The zero-order valence-corrected chi connectivity index (χ0v) is 10.5. The Morgan fingerprint density at radius 1 is 1.32 bits per heavy atom. The summed E-state index contributed by atoms with van der Waals surface area (Å²) in [5.41, 5.74) is 4.21. The number of hydrogen-bond donors (Lipinski definition) is 1. The number of hydrogen-bond acceptors (Lipinski definition) is 4. The van der Waals surface area contributed by atoms with Crippen molar-refractivity contribution < 1.29 is 9.13 Å². The van der Waals surface area contributed by atoms with Gasteiger partial charge in [0, 0.05) is 25.0 Å². The van der Waals surface area contributed by atoms with Crippen molar-refractivity contribution in [1.29, 1.82) is 0 Å². The van der Waals surface area contributed by atoms with E-state index in [0.717, 1.165) is 5.69 Å². The van der Waals surface area contributed by atoms with Gasteiger partial charge in [-0.25, -0.2) is 4.39 Å². The average Bonchev–Trinajstić information content (AvgIpc) is 2.46. The monoisotopic (exact) mass is 259 g/mol. The number of anilines is 1. The molecule has 4 nitrogen and oxygen atoms in total. The summed E-state index contributed by atoms with van der Waals surface area (Å²) in [6.45, 7) is 0. The van der Waals surface area contributed by atoms with Crippen molar-refractivity contribution >= 4 is 11.9 Å². The molecule has 1 N–H and O–H groups in total. The Balaban J connectivity index is 1.95. The average molecular weight is 259 g/mol. The number of rotatable bonds is 5. The minimum Gasteiger partial charge on any atom is -0.497 e. The van der Waals surface area contributed by atoms with Crippen LogP contribution >= 0.6 is 0 Å². The van der Waals surface area contributed by atoms with Crippen LogP contribution in [0, 0.1) is 5.82 Å². The molecule has 98 valence electrons. The first-order valence-corrected chi connectivity index (χ1v) is 5.79. The van der Waals surface area contributed by atoms with Gasteiger partial charge in [0.15, 0.2) is 0 Å². The summed E-state index contributed by atoms with van der Waals surface area (Å²) in [5.74, 6) is 0.364. The molecule has 0 unspecified atom stereocenters. The number of ether oxygens (including phenoxy) is 1. The fourth-order valence-electron chi connectivity index (χ4n) is 1.53. The fraction of sp³-hybridized carbons (Fsp3) is 0.143. The Morgan fingerprint density at radius 2 is 2.11 bits per heavy atom. The van der Waals surface area contributed by atoms with E-state index < -0.39 is 0 Å². The molecular weight excluding hydrogens is 245 g/mol. The highest BCUT2D eigenvalue weighted by Crippen LogP contribution is 2.16. The molecule has 0 aliphatic rings. The minimum absolute atomic E-state index is 0.267. The second-order valence-corrected chi connectivity index (χ2v) is 3.82. The van der Waals surface area contributed by atoms with Crippen LogP contribution in [0.1, 0.15) is 5.56 Å². The molecule has 2 rings (SSSR count). The molecule has 0 spiro atoms. The van der Waals surface area contributed by atoms with Gasteiger partial charge >= 0.3 is 0 Å². The molecule has 1 aromatic carbocycles. The number of pyridine rings is 1. The lowest BCUT2D eigenvalue weighted by Crippen LogP contribution is -1.96. The highest BCUT2D eigenvalue weighted by Gasteiger charge is 2.02. The highest BCUT2D eigenvalue weighted by atomic mass is 19.1. The Bertz CT molecular complexity index is 558. The third kappa shape index (κ3) is 3.77. The van der Waals surface area contributed by atoms with Crippen molar-refractivity contribution in [2.75, 3.05) is 12.5 Å². The molecule has 5 heteroatoms. The van der Waals surface area contributed by atoms with Crippen LogP contribution in [0.4, 0.5) is 10.1 Å². The molecule has 0 radical (unpaired) electrons. The van der Waals surface area contributed by atoms with Crippen molar-refractivity contribution in [3.8, 4) is 5.75 Å². The first kappa shape index (κ1) is 13.0. The van der Waals surface area contributed by atoms with E-state index >= 15 is 0 Å². The molecule has 2 aromatic rings. The SMILES string of the molecule is COc1ccc(F)c(CC=NNc2ccncc2)c1. The molecule has 0 amide bonds. The van der Waals surface area contributed by atoms with Crippen LogP contribution in [0.25, 0.3) is 0 Å². The Morgan fingerprint density at radius 3 is 2.84 bits per heavy atom. The van der Waals surface area contributed by atoms with Crippen LogP contribution in [0.5, 0.6) is 5.75 Å². The van der Waals surface area contributed by atoms with Gasteiger partial charge in [0.1, 0.15) is 11.6 Å². The number of nitrogens with one attached hydrogen (secondary N) is 1. The predicted octanol–water partition coefficient (Wildman–Crippen LogP) is 2.87. The van der Waals surface area contributed by atoms with Crippen molar-refractivity contribution in [2.45, 2.75) is 6.42 Å². The maximum absolute atomic E-state index is 13.5. The summed E-state index contributed by atoms with van der Waals surface area (Å²) in [4.78, 5) is 3.90. The third-order valence-corrected chi connectivity index (χ3v) is 2.53. The second-order valence-electron chi connectivity index (χ2n) is 3.82. The lowest BCUT2D eigenvalue weighted by atomic mass is 10.1. The van der Waals surface area contributed by atoms with Gasteiger partial charge in [-0.05, 0) is 35.9 Å². The molecule has 0 saturated carbocycles. The number of benzene rings is 1. The summed E-state index contributed by atoms with van der Waals surface area (Å²) in [7, 11) is 1.55. The number of aromatic nitrogens is 1. The maximum atomic E-state index is 13.5. The molecule has 19 heavy (non-hydrogen) atoms. The van der Waals surface area contributed by atoms with Gasteiger partial charge in [0.25, 0.3) is 0 Å². The molecule has 0 bridgehead atoms. The van der Waals surface area contributed by atoms with Crippen LogP contribution in [0.3, 0.4) is 0 Å². The van der Waals surface area contributed by atoms with Crippen LogP contribution in [0.2, 0.25) is 0 Å². The van der Waals surface area contributed by atoms with Crippen molar-refractivity contribution in [1.82, 2.24) is 4.98 Å².